The minimum Gasteiger partial charge on any atom is -0.439 e. The third kappa shape index (κ3) is 4.82. The van der Waals surface area contributed by atoms with Crippen LogP contribution < -0.4 is 20.2 Å². The lowest BCUT2D eigenvalue weighted by atomic mass is 10.3. The van der Waals surface area contributed by atoms with Crippen molar-refractivity contribution in [2.24, 2.45) is 0 Å². The number of benzene rings is 2. The van der Waals surface area contributed by atoms with Crippen molar-refractivity contribution >= 4 is 35.0 Å². The second-order valence-electron chi connectivity index (χ2n) is 4.91. The van der Waals surface area contributed by atoms with E-state index in [2.05, 4.69) is 25.4 Å². The maximum absolute atomic E-state index is 11.9. The number of amides is 2. The number of halogens is 1. The van der Waals surface area contributed by atoms with Crippen LogP contribution in [0.2, 0.25) is 0 Å². The topological polar surface area (TPSA) is 88.2 Å². The molecule has 7 nitrogen and oxygen atoms in total. The summed E-state index contributed by atoms with van der Waals surface area (Å²) in [4.78, 5) is 22.2. The molecule has 0 saturated heterocycles. The summed E-state index contributed by atoms with van der Waals surface area (Å²) >= 11 is 5.49. The first-order valence-electron chi connectivity index (χ1n) is 7.32. The van der Waals surface area contributed by atoms with Crippen LogP contribution in [-0.4, -0.2) is 16.0 Å². The zero-order valence-corrected chi connectivity index (χ0v) is 13.7. The molecule has 0 radical (unpaired) electrons. The van der Waals surface area contributed by atoms with Gasteiger partial charge >= 0.3 is 6.03 Å². The number of urea groups is 1. The van der Waals surface area contributed by atoms with Crippen LogP contribution in [0.1, 0.15) is 0 Å². The van der Waals surface area contributed by atoms with Crippen molar-refractivity contribution in [3.05, 3.63) is 67.0 Å². The molecule has 0 aliphatic heterocycles. The lowest BCUT2D eigenvalue weighted by molar-refractivity contribution is 0.262. The molecule has 1 heterocycles. The summed E-state index contributed by atoms with van der Waals surface area (Å²) in [6, 6.07) is 17.3. The highest BCUT2D eigenvalue weighted by molar-refractivity contribution is 6.23. The fourth-order valence-corrected chi connectivity index (χ4v) is 2.09. The first-order valence-corrected chi connectivity index (χ1v) is 7.70. The van der Waals surface area contributed by atoms with Gasteiger partial charge in [0.05, 0.1) is 0 Å². The summed E-state index contributed by atoms with van der Waals surface area (Å²) in [5, 5.41) is 5.48. The van der Waals surface area contributed by atoms with Gasteiger partial charge in [-0.1, -0.05) is 18.2 Å². The van der Waals surface area contributed by atoms with Crippen molar-refractivity contribution in [3.63, 3.8) is 0 Å². The van der Waals surface area contributed by atoms with E-state index in [1.807, 2.05) is 30.3 Å². The minimum absolute atomic E-state index is 0.325. The van der Waals surface area contributed by atoms with Crippen LogP contribution in [0, 0.1) is 0 Å². The number of carbonyl (C=O) groups excluding carboxylic acids is 1. The van der Waals surface area contributed by atoms with Gasteiger partial charge in [0, 0.05) is 29.2 Å². The van der Waals surface area contributed by atoms with Crippen LogP contribution in [0.5, 0.6) is 11.6 Å². The Balaban J connectivity index is 1.59. The SMILES string of the molecule is O=C(Nc1ccccc1)Nc1ccc(Oc2cc(NCl)ncn2)cc1. The fraction of sp³-hybridized carbons (Fsp3) is 0. The first kappa shape index (κ1) is 16.5. The summed E-state index contributed by atoms with van der Waals surface area (Å²) in [6.07, 6.45) is 1.34. The molecule has 0 aliphatic rings. The smallest absolute Gasteiger partial charge is 0.323 e. The highest BCUT2D eigenvalue weighted by Crippen LogP contribution is 2.22. The van der Waals surface area contributed by atoms with Crippen molar-refractivity contribution in [2.45, 2.75) is 0 Å². The Labute approximate surface area is 149 Å². The number of para-hydroxylation sites is 1. The molecule has 0 unspecified atom stereocenters. The second-order valence-corrected chi connectivity index (χ2v) is 5.10. The van der Waals surface area contributed by atoms with Crippen molar-refractivity contribution in [1.29, 1.82) is 0 Å². The number of hydrogen-bond acceptors (Lipinski definition) is 5. The Morgan fingerprint density at radius 1 is 0.920 bits per heavy atom. The second kappa shape index (κ2) is 7.98. The Hall–Kier alpha value is -3.32. The van der Waals surface area contributed by atoms with E-state index < -0.39 is 0 Å². The maximum Gasteiger partial charge on any atom is 0.323 e. The van der Waals surface area contributed by atoms with E-state index in [9.17, 15) is 4.79 Å². The van der Waals surface area contributed by atoms with Gasteiger partial charge in [-0.15, -0.1) is 0 Å². The quantitative estimate of drug-likeness (QED) is 0.587. The number of hydrogen-bond donors (Lipinski definition) is 3. The normalized spacial score (nSPS) is 9.96. The van der Waals surface area contributed by atoms with Crippen LogP contribution in [0.4, 0.5) is 22.0 Å². The van der Waals surface area contributed by atoms with Gasteiger partial charge in [0.1, 0.15) is 17.9 Å². The van der Waals surface area contributed by atoms with Gasteiger partial charge < -0.3 is 15.4 Å². The van der Waals surface area contributed by atoms with Crippen molar-refractivity contribution in [3.8, 4) is 11.6 Å². The zero-order valence-electron chi connectivity index (χ0n) is 12.9. The third-order valence-corrected chi connectivity index (χ3v) is 3.30. The number of nitrogens with one attached hydrogen (secondary N) is 3. The number of nitrogens with zero attached hydrogens (tertiary/aromatic N) is 2. The van der Waals surface area contributed by atoms with Gasteiger partial charge in [0.25, 0.3) is 0 Å². The molecule has 0 spiro atoms. The van der Waals surface area contributed by atoms with Crippen LogP contribution in [-0.2, 0) is 0 Å². The molecule has 0 atom stereocenters. The highest BCUT2D eigenvalue weighted by Gasteiger charge is 2.04. The minimum atomic E-state index is -0.325. The lowest BCUT2D eigenvalue weighted by Crippen LogP contribution is -2.19. The molecule has 1 aromatic heterocycles. The molecule has 0 fully saturated rings. The monoisotopic (exact) mass is 355 g/mol. The maximum atomic E-state index is 11.9. The number of ether oxygens (including phenoxy) is 1. The van der Waals surface area contributed by atoms with E-state index in [0.717, 1.165) is 0 Å². The van der Waals surface area contributed by atoms with Crippen LogP contribution in [0.15, 0.2) is 67.0 Å². The van der Waals surface area contributed by atoms with Gasteiger partial charge in [-0.25, -0.2) is 14.8 Å². The van der Waals surface area contributed by atoms with E-state index in [1.54, 1.807) is 30.3 Å². The molecule has 3 aromatic rings. The predicted octanol–water partition coefficient (Wildman–Crippen LogP) is 4.48. The standard InChI is InChI=1S/C17H14ClN5O2/c18-23-15-10-16(20-11-19-15)25-14-8-6-13(7-9-14)22-17(24)21-12-4-2-1-3-5-12/h1-11H,(H,19,20,23)(H2,21,22,24). The largest absolute Gasteiger partial charge is 0.439 e. The fourth-order valence-electron chi connectivity index (χ4n) is 1.99. The molecule has 3 rings (SSSR count). The van der Waals surface area contributed by atoms with Gasteiger partial charge in [0.15, 0.2) is 0 Å². The zero-order chi connectivity index (χ0) is 17.5. The summed E-state index contributed by atoms with van der Waals surface area (Å²) in [6.45, 7) is 0. The van der Waals surface area contributed by atoms with Crippen LogP contribution >= 0.6 is 11.8 Å². The van der Waals surface area contributed by atoms with Crippen molar-refractivity contribution < 1.29 is 9.53 Å². The molecule has 8 heteroatoms. The van der Waals surface area contributed by atoms with E-state index >= 15 is 0 Å². The summed E-state index contributed by atoms with van der Waals surface area (Å²) in [5.41, 5.74) is 1.35. The Kier molecular flexibility index (Phi) is 5.28. The highest BCUT2D eigenvalue weighted by atomic mass is 35.5. The molecule has 0 bridgehead atoms. The molecule has 0 aliphatic carbocycles. The van der Waals surface area contributed by atoms with Gasteiger partial charge in [-0.2, -0.15) is 0 Å². The predicted molar refractivity (Wildman–Crippen MR) is 97.1 cm³/mol. The molecule has 3 N–H and O–H groups in total. The van der Waals surface area contributed by atoms with Crippen molar-refractivity contribution in [2.75, 3.05) is 15.5 Å². The van der Waals surface area contributed by atoms with Gasteiger partial charge in [-0.05, 0) is 36.4 Å². The Bertz CT molecular complexity index is 843. The summed E-state index contributed by atoms with van der Waals surface area (Å²) in [5.74, 6) is 1.34. The summed E-state index contributed by atoms with van der Waals surface area (Å²) < 4.78 is 5.60. The van der Waals surface area contributed by atoms with Gasteiger partial charge in [0.2, 0.25) is 5.88 Å². The molecule has 2 aromatic carbocycles. The van der Waals surface area contributed by atoms with E-state index in [1.165, 1.54) is 6.33 Å². The number of anilines is 3. The first-order chi connectivity index (χ1) is 12.2. The average molecular weight is 356 g/mol. The molecule has 25 heavy (non-hydrogen) atoms. The molecule has 2 amide bonds. The van der Waals surface area contributed by atoms with E-state index in [-0.39, 0.29) is 6.03 Å². The van der Waals surface area contributed by atoms with Crippen LogP contribution in [0.25, 0.3) is 0 Å². The van der Waals surface area contributed by atoms with E-state index in [4.69, 9.17) is 16.5 Å². The molecule has 0 saturated carbocycles. The summed E-state index contributed by atoms with van der Waals surface area (Å²) in [7, 11) is 0. The van der Waals surface area contributed by atoms with E-state index in [0.29, 0.717) is 28.8 Å². The number of aromatic nitrogens is 2. The Morgan fingerprint density at radius 2 is 1.60 bits per heavy atom. The average Bonchev–Trinajstić information content (AvgIpc) is 2.64. The van der Waals surface area contributed by atoms with Crippen LogP contribution in [0.3, 0.4) is 0 Å². The Morgan fingerprint density at radius 3 is 2.28 bits per heavy atom. The number of carbonyl (C=O) groups is 1. The third-order valence-electron chi connectivity index (χ3n) is 3.11. The van der Waals surface area contributed by atoms with Crippen molar-refractivity contribution in [1.82, 2.24) is 9.97 Å². The lowest BCUT2D eigenvalue weighted by Gasteiger charge is -2.09. The molecule has 126 valence electrons. The number of rotatable bonds is 5. The molecular weight excluding hydrogens is 342 g/mol. The van der Waals surface area contributed by atoms with Gasteiger partial charge in [-0.3, -0.25) is 4.84 Å². The molecular formula is C17H14ClN5O2.